The Kier molecular flexibility index (Phi) is 5.83. The van der Waals surface area contributed by atoms with Crippen LogP contribution in [0.1, 0.15) is 27.9 Å². The fourth-order valence-corrected chi connectivity index (χ4v) is 3.71. The largest absolute Gasteiger partial charge is 0.304 e. The Balaban J connectivity index is 1.70. The van der Waals surface area contributed by atoms with Crippen molar-refractivity contribution in [1.29, 1.82) is 0 Å². The Morgan fingerprint density at radius 3 is 2.64 bits per heavy atom. The van der Waals surface area contributed by atoms with Crippen LogP contribution in [0.5, 0.6) is 0 Å². The molecular weight excluding hydrogens is 330 g/mol. The highest BCUT2D eigenvalue weighted by molar-refractivity contribution is 7.13. The number of hydrazone groups is 1. The summed E-state index contributed by atoms with van der Waals surface area (Å²) in [5.41, 5.74) is 9.20. The monoisotopic (exact) mass is 357 g/mol. The van der Waals surface area contributed by atoms with Crippen molar-refractivity contribution in [3.05, 3.63) is 45.5 Å². The summed E-state index contributed by atoms with van der Waals surface area (Å²) in [5.74, 6) is 0. The van der Waals surface area contributed by atoms with Crippen molar-refractivity contribution in [2.45, 2.75) is 27.3 Å². The number of piperazine rings is 1. The summed E-state index contributed by atoms with van der Waals surface area (Å²) < 4.78 is 0. The van der Waals surface area contributed by atoms with Gasteiger partial charge in [-0.3, -0.25) is 10.3 Å². The number of hydrogen-bond acceptors (Lipinski definition) is 6. The molecule has 25 heavy (non-hydrogen) atoms. The van der Waals surface area contributed by atoms with Crippen LogP contribution in [0.2, 0.25) is 0 Å². The second-order valence-corrected chi connectivity index (χ2v) is 7.74. The first-order valence-corrected chi connectivity index (χ1v) is 9.61. The van der Waals surface area contributed by atoms with Crippen LogP contribution < -0.4 is 5.43 Å². The minimum Gasteiger partial charge on any atom is -0.304 e. The van der Waals surface area contributed by atoms with Crippen LogP contribution in [0.3, 0.4) is 0 Å². The summed E-state index contributed by atoms with van der Waals surface area (Å²) in [7, 11) is 2.20. The van der Waals surface area contributed by atoms with Crippen molar-refractivity contribution in [1.82, 2.24) is 14.8 Å². The zero-order valence-electron chi connectivity index (χ0n) is 15.5. The van der Waals surface area contributed by atoms with Gasteiger partial charge in [0.15, 0.2) is 0 Å². The lowest BCUT2D eigenvalue weighted by molar-refractivity contribution is 0.148. The second-order valence-electron chi connectivity index (χ2n) is 6.88. The molecule has 134 valence electrons. The molecule has 1 aromatic carbocycles. The van der Waals surface area contributed by atoms with E-state index in [0.717, 1.165) is 43.5 Å². The third-order valence-corrected chi connectivity index (χ3v) is 5.54. The van der Waals surface area contributed by atoms with E-state index in [9.17, 15) is 0 Å². The first-order valence-electron chi connectivity index (χ1n) is 8.73. The lowest BCUT2D eigenvalue weighted by Crippen LogP contribution is -2.44. The van der Waals surface area contributed by atoms with Crippen molar-refractivity contribution in [2.75, 3.05) is 38.7 Å². The quantitative estimate of drug-likeness (QED) is 0.659. The van der Waals surface area contributed by atoms with E-state index >= 15 is 0 Å². The summed E-state index contributed by atoms with van der Waals surface area (Å²) in [6.45, 7) is 11.9. The van der Waals surface area contributed by atoms with Crippen LogP contribution in [0.15, 0.2) is 22.6 Å². The number of nitrogens with zero attached hydrogens (tertiary/aromatic N) is 4. The van der Waals surface area contributed by atoms with Gasteiger partial charge in [0.25, 0.3) is 0 Å². The molecule has 1 aliphatic heterocycles. The molecule has 0 saturated carbocycles. The molecule has 2 heterocycles. The molecular formula is C19H27N5S. The van der Waals surface area contributed by atoms with Gasteiger partial charge in [0.05, 0.1) is 11.9 Å². The van der Waals surface area contributed by atoms with Gasteiger partial charge in [-0.15, -0.1) is 11.3 Å². The summed E-state index contributed by atoms with van der Waals surface area (Å²) >= 11 is 1.57. The van der Waals surface area contributed by atoms with Crippen molar-refractivity contribution >= 4 is 22.7 Å². The lowest BCUT2D eigenvalue weighted by Gasteiger charge is -2.32. The molecule has 0 bridgehead atoms. The molecule has 0 atom stereocenters. The number of hydrogen-bond donors (Lipinski definition) is 1. The summed E-state index contributed by atoms with van der Waals surface area (Å²) in [6.07, 6.45) is 1.91. The van der Waals surface area contributed by atoms with Gasteiger partial charge in [-0.05, 0) is 44.5 Å². The van der Waals surface area contributed by atoms with E-state index in [0.29, 0.717) is 0 Å². The van der Waals surface area contributed by atoms with Crippen LogP contribution in [0.25, 0.3) is 0 Å². The summed E-state index contributed by atoms with van der Waals surface area (Å²) in [4.78, 5) is 9.30. The van der Waals surface area contributed by atoms with Crippen molar-refractivity contribution in [2.24, 2.45) is 5.10 Å². The van der Waals surface area contributed by atoms with E-state index in [1.54, 1.807) is 11.3 Å². The minimum absolute atomic E-state index is 0.830. The summed E-state index contributed by atoms with van der Waals surface area (Å²) in [6, 6.07) is 4.50. The minimum atomic E-state index is 0.830. The zero-order chi connectivity index (χ0) is 17.8. The van der Waals surface area contributed by atoms with Crippen molar-refractivity contribution in [3.8, 4) is 0 Å². The third kappa shape index (κ3) is 4.87. The van der Waals surface area contributed by atoms with Gasteiger partial charge in [0.2, 0.25) is 5.13 Å². The van der Waals surface area contributed by atoms with Gasteiger partial charge in [0, 0.05) is 38.1 Å². The number of thiazole rings is 1. The molecule has 0 aliphatic carbocycles. The average Bonchev–Trinajstić information content (AvgIpc) is 2.99. The third-order valence-electron chi connectivity index (χ3n) is 4.67. The fraction of sp³-hybridized carbons (Fsp3) is 0.474. The van der Waals surface area contributed by atoms with Gasteiger partial charge in [-0.2, -0.15) is 5.10 Å². The van der Waals surface area contributed by atoms with Crippen molar-refractivity contribution < 1.29 is 0 Å². The molecule has 0 unspecified atom stereocenters. The van der Waals surface area contributed by atoms with Crippen molar-refractivity contribution in [3.63, 3.8) is 0 Å². The van der Waals surface area contributed by atoms with Gasteiger partial charge >= 0.3 is 0 Å². The highest BCUT2D eigenvalue weighted by Gasteiger charge is 2.15. The Morgan fingerprint density at radius 2 is 1.96 bits per heavy atom. The Morgan fingerprint density at radius 1 is 1.20 bits per heavy atom. The zero-order valence-corrected chi connectivity index (χ0v) is 16.4. The molecule has 3 rings (SSSR count). The maximum absolute atomic E-state index is 4.38. The predicted octanol–water partition coefficient (Wildman–Crippen LogP) is 3.26. The van der Waals surface area contributed by atoms with E-state index in [4.69, 9.17) is 0 Å². The molecule has 1 aromatic heterocycles. The Bertz CT molecular complexity index is 744. The van der Waals surface area contributed by atoms with Crippen LogP contribution in [-0.4, -0.2) is 54.2 Å². The topological polar surface area (TPSA) is 43.8 Å². The average molecular weight is 358 g/mol. The standard InChI is InChI=1S/C19H27N5S/c1-14-9-17(11-20-22-19-21-15(2)13-25-19)16(3)18(10-14)12-24-7-5-23(4)6-8-24/h9-11,13H,5-8,12H2,1-4H3,(H,21,22). The van der Waals surface area contributed by atoms with Gasteiger partial charge in [-0.1, -0.05) is 17.7 Å². The van der Waals surface area contributed by atoms with Gasteiger partial charge in [-0.25, -0.2) is 4.98 Å². The van der Waals surface area contributed by atoms with Gasteiger partial charge in [0.1, 0.15) is 0 Å². The highest BCUT2D eigenvalue weighted by atomic mass is 32.1. The molecule has 5 nitrogen and oxygen atoms in total. The van der Waals surface area contributed by atoms with Crippen LogP contribution >= 0.6 is 11.3 Å². The normalized spacial score (nSPS) is 16.6. The highest BCUT2D eigenvalue weighted by Crippen LogP contribution is 2.19. The Labute approximate surface area is 154 Å². The maximum Gasteiger partial charge on any atom is 0.203 e. The SMILES string of the molecule is Cc1cc(C=NNc2nc(C)cs2)c(C)c(CN2CCN(C)CC2)c1. The predicted molar refractivity (Wildman–Crippen MR) is 107 cm³/mol. The summed E-state index contributed by atoms with van der Waals surface area (Å²) in [5, 5.41) is 7.23. The van der Waals surface area contributed by atoms with E-state index in [1.807, 2.05) is 18.5 Å². The molecule has 1 fully saturated rings. The van der Waals surface area contributed by atoms with Crippen LogP contribution in [-0.2, 0) is 6.54 Å². The second kappa shape index (κ2) is 8.08. The van der Waals surface area contributed by atoms with Crippen LogP contribution in [0.4, 0.5) is 5.13 Å². The van der Waals surface area contributed by atoms with E-state index in [-0.39, 0.29) is 0 Å². The number of likely N-dealkylation sites (N-methyl/N-ethyl adjacent to an activating group) is 1. The molecule has 6 heteroatoms. The molecule has 0 spiro atoms. The first-order chi connectivity index (χ1) is 12.0. The van der Waals surface area contributed by atoms with E-state index in [2.05, 4.69) is 58.3 Å². The molecule has 1 aliphatic rings. The van der Waals surface area contributed by atoms with E-state index in [1.165, 1.54) is 22.3 Å². The smallest absolute Gasteiger partial charge is 0.203 e. The maximum atomic E-state index is 4.38. The molecule has 0 amide bonds. The fourth-order valence-electron chi connectivity index (χ4n) is 3.07. The number of anilines is 1. The number of nitrogens with one attached hydrogen (secondary N) is 1. The number of aromatic nitrogens is 1. The molecule has 1 saturated heterocycles. The molecule has 2 aromatic rings. The molecule has 1 N–H and O–H groups in total. The Hall–Kier alpha value is -1.76. The lowest BCUT2D eigenvalue weighted by atomic mass is 9.99. The van der Waals surface area contributed by atoms with Crippen LogP contribution in [0, 0.1) is 20.8 Å². The van der Waals surface area contributed by atoms with Gasteiger partial charge < -0.3 is 4.90 Å². The molecule has 0 radical (unpaired) electrons. The number of aryl methyl sites for hydroxylation is 2. The number of rotatable bonds is 5. The van der Waals surface area contributed by atoms with E-state index < -0.39 is 0 Å². The number of benzene rings is 1. The first kappa shape index (κ1) is 18.0.